The normalized spacial score (nSPS) is 25.8. The van der Waals surface area contributed by atoms with Crippen LogP contribution in [-0.4, -0.2) is 22.3 Å². The van der Waals surface area contributed by atoms with Gasteiger partial charge in [-0.25, -0.2) is 4.98 Å². The van der Waals surface area contributed by atoms with Crippen LogP contribution in [-0.2, 0) is 4.74 Å². The molecule has 1 saturated carbocycles. The fourth-order valence-electron chi connectivity index (χ4n) is 3.46. The van der Waals surface area contributed by atoms with Crippen LogP contribution in [0.25, 0.3) is 11.0 Å². The summed E-state index contributed by atoms with van der Waals surface area (Å²) in [5.74, 6) is 0.964. The molecule has 0 spiro atoms. The smallest absolute Gasteiger partial charge is 0.127 e. The molecular weight excluding hydrogens is 284 g/mol. The first-order valence-corrected chi connectivity index (χ1v) is 8.13. The SMILES string of the molecule is CCOC1CC(n2c(C(C)Cl)nc3ccccc32)C1(C)C. The summed E-state index contributed by atoms with van der Waals surface area (Å²) in [6.45, 7) is 9.37. The Morgan fingerprint density at radius 3 is 2.76 bits per heavy atom. The minimum absolute atomic E-state index is 0.0972. The van der Waals surface area contributed by atoms with Gasteiger partial charge in [0.05, 0.1) is 22.5 Å². The maximum atomic E-state index is 6.38. The Hall–Kier alpha value is -1.06. The first kappa shape index (κ1) is 14.9. The Balaban J connectivity index is 2.06. The van der Waals surface area contributed by atoms with Crippen LogP contribution in [0.4, 0.5) is 0 Å². The van der Waals surface area contributed by atoms with E-state index < -0.39 is 0 Å². The highest BCUT2D eigenvalue weighted by Crippen LogP contribution is 2.53. The minimum Gasteiger partial charge on any atom is -0.378 e. The number of para-hydroxylation sites is 2. The highest BCUT2D eigenvalue weighted by Gasteiger charge is 2.51. The van der Waals surface area contributed by atoms with Crippen molar-refractivity contribution < 1.29 is 4.74 Å². The van der Waals surface area contributed by atoms with Gasteiger partial charge in [0.15, 0.2) is 0 Å². The van der Waals surface area contributed by atoms with Gasteiger partial charge in [0.25, 0.3) is 0 Å². The summed E-state index contributed by atoms with van der Waals surface area (Å²) in [6.07, 6.45) is 1.34. The first-order valence-electron chi connectivity index (χ1n) is 7.69. The molecule has 0 amide bonds. The summed E-state index contributed by atoms with van der Waals surface area (Å²) in [6, 6.07) is 8.67. The lowest BCUT2D eigenvalue weighted by molar-refractivity contribution is -0.127. The number of fused-ring (bicyclic) bond motifs is 1. The largest absolute Gasteiger partial charge is 0.378 e. The standard InChI is InChI=1S/C17H23ClN2O/c1-5-21-15-10-14(17(15,3)4)20-13-9-7-6-8-12(13)19-16(20)11(2)18/h6-9,11,14-15H,5,10H2,1-4H3. The van der Waals surface area contributed by atoms with Crippen LogP contribution >= 0.6 is 11.6 Å². The van der Waals surface area contributed by atoms with Gasteiger partial charge in [0.2, 0.25) is 0 Å². The Morgan fingerprint density at radius 1 is 1.43 bits per heavy atom. The Bertz CT molecular complexity index is 647. The van der Waals surface area contributed by atoms with Gasteiger partial charge in [0, 0.05) is 18.1 Å². The highest BCUT2D eigenvalue weighted by molar-refractivity contribution is 6.20. The zero-order valence-electron chi connectivity index (χ0n) is 13.1. The lowest BCUT2D eigenvalue weighted by Crippen LogP contribution is -2.51. The summed E-state index contributed by atoms with van der Waals surface area (Å²) in [4.78, 5) is 4.74. The van der Waals surface area contributed by atoms with Gasteiger partial charge in [-0.15, -0.1) is 11.6 Å². The summed E-state index contributed by atoms with van der Waals surface area (Å²) in [7, 11) is 0. The molecule has 1 fully saturated rings. The molecule has 0 aliphatic heterocycles. The Kier molecular flexibility index (Phi) is 3.74. The molecule has 3 rings (SSSR count). The summed E-state index contributed by atoms with van der Waals surface area (Å²) in [5, 5.41) is -0.0978. The molecule has 2 aromatic rings. The fourth-order valence-corrected chi connectivity index (χ4v) is 3.61. The van der Waals surface area contributed by atoms with Crippen LogP contribution in [0.5, 0.6) is 0 Å². The molecule has 1 aliphatic carbocycles. The lowest BCUT2D eigenvalue weighted by Gasteiger charge is -2.52. The van der Waals surface area contributed by atoms with Crippen LogP contribution in [0.15, 0.2) is 24.3 Å². The number of benzene rings is 1. The van der Waals surface area contributed by atoms with Gasteiger partial charge < -0.3 is 9.30 Å². The zero-order valence-corrected chi connectivity index (χ0v) is 13.9. The number of ether oxygens (including phenoxy) is 1. The number of hydrogen-bond acceptors (Lipinski definition) is 2. The number of rotatable bonds is 4. The molecule has 114 valence electrons. The van der Waals surface area contributed by atoms with Gasteiger partial charge in [-0.05, 0) is 32.4 Å². The highest BCUT2D eigenvalue weighted by atomic mass is 35.5. The summed E-state index contributed by atoms with van der Waals surface area (Å²) in [5.41, 5.74) is 2.30. The molecule has 21 heavy (non-hydrogen) atoms. The van der Waals surface area contributed by atoms with Gasteiger partial charge in [0.1, 0.15) is 5.82 Å². The molecule has 3 atom stereocenters. The van der Waals surface area contributed by atoms with Gasteiger partial charge in [-0.3, -0.25) is 0 Å². The van der Waals surface area contributed by atoms with E-state index in [-0.39, 0.29) is 10.8 Å². The molecule has 3 unspecified atom stereocenters. The molecule has 0 N–H and O–H groups in total. The molecule has 3 nitrogen and oxygen atoms in total. The van der Waals surface area contributed by atoms with Crippen molar-refractivity contribution in [2.24, 2.45) is 5.41 Å². The third-order valence-electron chi connectivity index (χ3n) is 4.78. The predicted molar refractivity (Wildman–Crippen MR) is 86.9 cm³/mol. The molecule has 4 heteroatoms. The topological polar surface area (TPSA) is 27.1 Å². The van der Waals surface area contributed by atoms with Gasteiger partial charge in [-0.2, -0.15) is 0 Å². The number of halogens is 1. The Labute approximate surface area is 131 Å². The van der Waals surface area contributed by atoms with E-state index in [2.05, 4.69) is 43.5 Å². The van der Waals surface area contributed by atoms with Crippen LogP contribution in [0.2, 0.25) is 0 Å². The van der Waals surface area contributed by atoms with Crippen LogP contribution in [0, 0.1) is 5.41 Å². The second-order valence-electron chi connectivity index (χ2n) is 6.46. The maximum Gasteiger partial charge on any atom is 0.127 e. The average molecular weight is 307 g/mol. The van der Waals surface area contributed by atoms with E-state index >= 15 is 0 Å². The van der Waals surface area contributed by atoms with Crippen LogP contribution in [0.3, 0.4) is 0 Å². The van der Waals surface area contributed by atoms with Crippen LogP contribution in [0.1, 0.15) is 51.4 Å². The van der Waals surface area contributed by atoms with Crippen molar-refractivity contribution in [3.05, 3.63) is 30.1 Å². The molecule has 0 bridgehead atoms. The monoisotopic (exact) mass is 306 g/mol. The summed E-state index contributed by atoms with van der Waals surface area (Å²) < 4.78 is 8.20. The number of hydrogen-bond donors (Lipinski definition) is 0. The van der Waals surface area contributed by atoms with Crippen LogP contribution < -0.4 is 0 Å². The third kappa shape index (κ3) is 2.27. The average Bonchev–Trinajstić information content (AvgIpc) is 2.82. The summed E-state index contributed by atoms with van der Waals surface area (Å²) >= 11 is 6.38. The molecule has 0 saturated heterocycles. The van der Waals surface area contributed by atoms with E-state index in [1.165, 1.54) is 5.52 Å². The lowest BCUT2D eigenvalue weighted by atomic mass is 9.64. The zero-order chi connectivity index (χ0) is 15.2. The van der Waals surface area contributed by atoms with Gasteiger partial charge in [-0.1, -0.05) is 26.0 Å². The van der Waals surface area contributed by atoms with Crippen molar-refractivity contribution in [1.29, 1.82) is 0 Å². The number of imidazole rings is 1. The van der Waals surface area contributed by atoms with Crippen molar-refractivity contribution >= 4 is 22.6 Å². The van der Waals surface area contributed by atoms with Crippen molar-refractivity contribution in [2.75, 3.05) is 6.61 Å². The first-order chi connectivity index (χ1) is 9.96. The molecule has 1 heterocycles. The number of aromatic nitrogens is 2. The number of nitrogens with zero attached hydrogens (tertiary/aromatic N) is 2. The maximum absolute atomic E-state index is 6.38. The Morgan fingerprint density at radius 2 is 2.14 bits per heavy atom. The quantitative estimate of drug-likeness (QED) is 0.765. The minimum atomic E-state index is -0.0978. The second-order valence-corrected chi connectivity index (χ2v) is 7.12. The molecule has 1 aliphatic rings. The van der Waals surface area contributed by atoms with E-state index in [9.17, 15) is 0 Å². The van der Waals surface area contributed by atoms with Crippen molar-refractivity contribution in [1.82, 2.24) is 9.55 Å². The van der Waals surface area contributed by atoms with Crippen molar-refractivity contribution in [2.45, 2.75) is 51.6 Å². The molecule has 1 aromatic heterocycles. The van der Waals surface area contributed by atoms with E-state index in [4.69, 9.17) is 21.3 Å². The van der Waals surface area contributed by atoms with Crippen molar-refractivity contribution in [3.63, 3.8) is 0 Å². The number of alkyl halides is 1. The fraction of sp³-hybridized carbons (Fsp3) is 0.588. The molecule has 0 radical (unpaired) electrons. The third-order valence-corrected chi connectivity index (χ3v) is 4.98. The molecule has 1 aromatic carbocycles. The van der Waals surface area contributed by atoms with E-state index in [1.807, 2.05) is 13.0 Å². The van der Waals surface area contributed by atoms with E-state index in [0.717, 1.165) is 24.4 Å². The molecular formula is C17H23ClN2O. The predicted octanol–water partition coefficient (Wildman–Crippen LogP) is 4.71. The second kappa shape index (κ2) is 5.29. The van der Waals surface area contributed by atoms with Gasteiger partial charge >= 0.3 is 0 Å². The van der Waals surface area contributed by atoms with E-state index in [0.29, 0.717) is 12.1 Å². The van der Waals surface area contributed by atoms with E-state index in [1.54, 1.807) is 0 Å². The van der Waals surface area contributed by atoms with Crippen molar-refractivity contribution in [3.8, 4) is 0 Å².